The molecule has 2 atom stereocenters. The molecule has 2 saturated heterocycles. The summed E-state index contributed by atoms with van der Waals surface area (Å²) in [5.74, 6) is 1.61. The van der Waals surface area contributed by atoms with Crippen LogP contribution in [0.2, 0.25) is 0 Å². The number of likely N-dealkylation sites (tertiary alicyclic amines) is 1. The Bertz CT molecular complexity index is 714. The number of rotatable bonds is 5. The Balaban J connectivity index is 1.49. The molecule has 0 aromatic carbocycles. The summed E-state index contributed by atoms with van der Waals surface area (Å²) in [6, 6.07) is 5.78. The van der Waals surface area contributed by atoms with E-state index < -0.39 is 0 Å². The Kier molecular flexibility index (Phi) is 4.96. The van der Waals surface area contributed by atoms with Gasteiger partial charge in [-0.05, 0) is 39.2 Å². The van der Waals surface area contributed by atoms with Crippen LogP contribution in [0.25, 0.3) is 0 Å². The first-order chi connectivity index (χ1) is 12.7. The van der Waals surface area contributed by atoms with E-state index >= 15 is 0 Å². The highest BCUT2D eigenvalue weighted by Gasteiger charge is 2.46. The molecule has 4 heterocycles. The summed E-state index contributed by atoms with van der Waals surface area (Å²) in [7, 11) is 0. The minimum Gasteiger partial charge on any atom is -0.477 e. The van der Waals surface area contributed by atoms with E-state index in [1.807, 2.05) is 32.0 Å². The zero-order chi connectivity index (χ0) is 18.0. The Morgan fingerprint density at radius 2 is 2.27 bits per heavy atom. The summed E-state index contributed by atoms with van der Waals surface area (Å²) in [5, 5.41) is 4.10. The Labute approximate surface area is 154 Å². The molecule has 4 rings (SSSR count). The van der Waals surface area contributed by atoms with E-state index in [9.17, 15) is 0 Å². The average Bonchev–Trinajstić information content (AvgIpc) is 2.99. The van der Waals surface area contributed by atoms with Crippen molar-refractivity contribution in [2.45, 2.75) is 45.8 Å². The molecule has 0 aliphatic carbocycles. The van der Waals surface area contributed by atoms with Crippen molar-refractivity contribution in [3.63, 3.8) is 0 Å². The fourth-order valence-electron chi connectivity index (χ4n) is 4.33. The van der Waals surface area contributed by atoms with Crippen molar-refractivity contribution in [1.29, 1.82) is 0 Å². The predicted molar refractivity (Wildman–Crippen MR) is 97.0 cm³/mol. The second kappa shape index (κ2) is 7.37. The van der Waals surface area contributed by atoms with Gasteiger partial charge in [0, 0.05) is 49.5 Å². The van der Waals surface area contributed by atoms with Gasteiger partial charge in [0.05, 0.1) is 18.4 Å². The third kappa shape index (κ3) is 3.48. The summed E-state index contributed by atoms with van der Waals surface area (Å²) < 4.78 is 17.6. The van der Waals surface area contributed by atoms with Crippen molar-refractivity contribution in [1.82, 2.24) is 15.0 Å². The molecule has 0 spiro atoms. The Hall–Kier alpha value is -1.92. The molecule has 0 saturated carbocycles. The third-order valence-corrected chi connectivity index (χ3v) is 5.78. The molecule has 2 aromatic rings. The van der Waals surface area contributed by atoms with Gasteiger partial charge in [-0.3, -0.25) is 4.90 Å². The minimum atomic E-state index is 0.0208. The van der Waals surface area contributed by atoms with Gasteiger partial charge >= 0.3 is 0 Å². The van der Waals surface area contributed by atoms with Crippen LogP contribution >= 0.6 is 0 Å². The molecule has 26 heavy (non-hydrogen) atoms. The molecular formula is C20H27N3O3. The maximum absolute atomic E-state index is 6.15. The largest absolute Gasteiger partial charge is 0.477 e. The molecule has 6 nitrogen and oxygen atoms in total. The van der Waals surface area contributed by atoms with Gasteiger partial charge in [-0.15, -0.1) is 0 Å². The number of ether oxygens (including phenoxy) is 2. The number of aryl methyl sites for hydroxylation is 2. The van der Waals surface area contributed by atoms with Crippen LogP contribution in [0.3, 0.4) is 0 Å². The maximum atomic E-state index is 6.15. The lowest BCUT2D eigenvalue weighted by Crippen LogP contribution is -2.57. The summed E-state index contributed by atoms with van der Waals surface area (Å²) >= 11 is 0. The number of nitrogens with zero attached hydrogens (tertiary/aromatic N) is 3. The van der Waals surface area contributed by atoms with Gasteiger partial charge in [0.1, 0.15) is 5.76 Å². The lowest BCUT2D eigenvalue weighted by Gasteiger charge is -2.50. The number of fused-ring (bicyclic) bond motifs is 1. The van der Waals surface area contributed by atoms with Gasteiger partial charge in [-0.2, -0.15) is 0 Å². The first-order valence-electron chi connectivity index (χ1n) is 9.46. The Morgan fingerprint density at radius 1 is 1.35 bits per heavy atom. The zero-order valence-corrected chi connectivity index (χ0v) is 15.6. The molecule has 140 valence electrons. The minimum absolute atomic E-state index is 0.0208. The number of hydrogen-bond donors (Lipinski definition) is 0. The van der Waals surface area contributed by atoms with Crippen LogP contribution in [-0.2, 0) is 11.3 Å². The number of aromatic nitrogens is 2. The molecule has 0 unspecified atom stereocenters. The van der Waals surface area contributed by atoms with Gasteiger partial charge in [0.15, 0.2) is 0 Å². The van der Waals surface area contributed by atoms with Gasteiger partial charge in [0.2, 0.25) is 5.88 Å². The fraction of sp³-hybridized carbons (Fsp3) is 0.600. The highest BCUT2D eigenvalue weighted by molar-refractivity contribution is 5.21. The van der Waals surface area contributed by atoms with E-state index in [2.05, 4.69) is 15.0 Å². The molecule has 0 N–H and O–H groups in total. The van der Waals surface area contributed by atoms with E-state index in [0.717, 1.165) is 57.0 Å². The standard InChI is InChI=1S/C20H27N3O3/c1-15-17(16(2)26-22-15)12-23-10-7-18-20(13-23,8-5-11-24-18)14-25-19-6-3-4-9-21-19/h3-4,6,9,18H,5,7-8,10-14H2,1-2H3/t18-,20+/m0/s1. The lowest BCUT2D eigenvalue weighted by atomic mass is 9.73. The van der Waals surface area contributed by atoms with Crippen LogP contribution in [0.4, 0.5) is 0 Å². The number of hydrogen-bond acceptors (Lipinski definition) is 6. The molecule has 0 radical (unpaired) electrons. The molecular weight excluding hydrogens is 330 g/mol. The second-order valence-corrected chi connectivity index (χ2v) is 7.58. The molecule has 2 fully saturated rings. The molecule has 2 aromatic heterocycles. The van der Waals surface area contributed by atoms with Gasteiger partial charge in [-0.25, -0.2) is 4.98 Å². The maximum Gasteiger partial charge on any atom is 0.213 e. The predicted octanol–water partition coefficient (Wildman–Crippen LogP) is 3.14. The summed E-state index contributed by atoms with van der Waals surface area (Å²) in [4.78, 5) is 6.80. The van der Waals surface area contributed by atoms with Crippen molar-refractivity contribution in [2.24, 2.45) is 5.41 Å². The highest BCUT2D eigenvalue weighted by Crippen LogP contribution is 2.41. The third-order valence-electron chi connectivity index (χ3n) is 5.78. The van der Waals surface area contributed by atoms with Gasteiger partial charge in [-0.1, -0.05) is 11.2 Å². The van der Waals surface area contributed by atoms with Crippen molar-refractivity contribution < 1.29 is 14.0 Å². The van der Waals surface area contributed by atoms with Crippen LogP contribution in [-0.4, -0.2) is 47.4 Å². The second-order valence-electron chi connectivity index (χ2n) is 7.58. The van der Waals surface area contributed by atoms with Crippen molar-refractivity contribution >= 4 is 0 Å². The SMILES string of the molecule is Cc1noc(C)c1CN1CC[C@@H]2OCCC[C@]2(COc2ccccn2)C1. The smallest absolute Gasteiger partial charge is 0.213 e. The Morgan fingerprint density at radius 3 is 3.04 bits per heavy atom. The molecule has 6 heteroatoms. The van der Waals surface area contributed by atoms with Crippen LogP contribution < -0.4 is 4.74 Å². The van der Waals surface area contributed by atoms with Crippen molar-refractivity contribution in [3.05, 3.63) is 41.4 Å². The molecule has 2 aliphatic rings. The molecule has 0 amide bonds. The van der Waals surface area contributed by atoms with E-state index in [4.69, 9.17) is 14.0 Å². The van der Waals surface area contributed by atoms with Gasteiger partial charge in [0.25, 0.3) is 0 Å². The van der Waals surface area contributed by atoms with Crippen LogP contribution in [0, 0.1) is 19.3 Å². The quantitative estimate of drug-likeness (QED) is 0.819. The van der Waals surface area contributed by atoms with Crippen molar-refractivity contribution in [2.75, 3.05) is 26.3 Å². The zero-order valence-electron chi connectivity index (χ0n) is 15.6. The summed E-state index contributed by atoms with van der Waals surface area (Å²) in [6.45, 7) is 8.38. The van der Waals surface area contributed by atoms with E-state index in [-0.39, 0.29) is 11.5 Å². The van der Waals surface area contributed by atoms with Gasteiger partial charge < -0.3 is 14.0 Å². The van der Waals surface area contributed by atoms with E-state index in [1.54, 1.807) is 6.20 Å². The lowest BCUT2D eigenvalue weighted by molar-refractivity contribution is -0.141. The van der Waals surface area contributed by atoms with Crippen molar-refractivity contribution in [3.8, 4) is 5.88 Å². The topological polar surface area (TPSA) is 60.6 Å². The van der Waals surface area contributed by atoms with Crippen LogP contribution in [0.15, 0.2) is 28.9 Å². The first-order valence-corrected chi connectivity index (χ1v) is 9.46. The van der Waals surface area contributed by atoms with E-state index in [1.165, 1.54) is 5.56 Å². The normalized spacial score (nSPS) is 26.5. The summed E-state index contributed by atoms with van der Waals surface area (Å²) in [5.41, 5.74) is 2.22. The molecule has 0 bridgehead atoms. The van der Waals surface area contributed by atoms with Crippen LogP contribution in [0.1, 0.15) is 36.3 Å². The number of piperidine rings is 1. The monoisotopic (exact) mass is 357 g/mol. The molecule has 2 aliphatic heterocycles. The average molecular weight is 357 g/mol. The fourth-order valence-corrected chi connectivity index (χ4v) is 4.33. The first kappa shape index (κ1) is 17.5. The van der Waals surface area contributed by atoms with E-state index in [0.29, 0.717) is 12.5 Å². The van der Waals surface area contributed by atoms with Crippen LogP contribution in [0.5, 0.6) is 5.88 Å². The summed E-state index contributed by atoms with van der Waals surface area (Å²) in [6.07, 6.45) is 5.28. The number of pyridine rings is 1. The highest BCUT2D eigenvalue weighted by atomic mass is 16.5.